The fourth-order valence-corrected chi connectivity index (χ4v) is 12.0. The van der Waals surface area contributed by atoms with E-state index in [4.69, 9.17) is 19.9 Å². The van der Waals surface area contributed by atoms with E-state index in [0.29, 0.717) is 17.1 Å². The molecule has 8 nitrogen and oxygen atoms in total. The molecule has 16 rings (SSSR count). The standard InChI is InChI=1S/C41H27N3.C27H18BrN3.C14H11BO2/c1-2-10-28(11-3-1)31-13-8-14-33(24-31)40-26-39(43-41(44-40)34-15-9-23-42-27-34)30-21-19-29(20-22-30)38-25-32-12-4-5-16-35(32)36-17-6-7-18-37(36)38;28-24-13-11-20(12-14-24)25-17-26(31-27(30-25)23-10-5-15-29-18-23)22-9-4-8-21(16-22)19-6-2-1-3-7-19;16-15(17)14-9-10-5-1-2-6-11(10)12-7-3-4-8-13(12)14/h1-27H;1-18H;1-9,16-17H. The minimum Gasteiger partial charge on any atom is -0.423 e. The van der Waals surface area contributed by atoms with Gasteiger partial charge in [0.25, 0.3) is 0 Å². The van der Waals surface area contributed by atoms with Gasteiger partial charge in [-0.3, -0.25) is 9.97 Å². The molecular weight excluding hydrogens is 1190 g/mol. The van der Waals surface area contributed by atoms with Crippen LogP contribution in [0.2, 0.25) is 0 Å². The Balaban J connectivity index is 0.000000132. The predicted molar refractivity (Wildman–Crippen MR) is 383 cm³/mol. The van der Waals surface area contributed by atoms with Crippen LogP contribution in [0.25, 0.3) is 144 Å². The molecular formula is C82H56BBrN6O2. The molecule has 2 N–H and O–H groups in total. The topological polar surface area (TPSA) is 118 Å². The van der Waals surface area contributed by atoms with Crippen molar-refractivity contribution in [1.29, 1.82) is 0 Å². The van der Waals surface area contributed by atoms with Crippen molar-refractivity contribution in [3.8, 4) is 101 Å². The van der Waals surface area contributed by atoms with E-state index in [1.807, 2.05) is 115 Å². The third kappa shape index (κ3) is 12.8. The van der Waals surface area contributed by atoms with Crippen molar-refractivity contribution in [2.45, 2.75) is 0 Å². The third-order valence-electron chi connectivity index (χ3n) is 16.3. The van der Waals surface area contributed by atoms with E-state index in [0.717, 1.165) is 93.3 Å². The molecule has 12 aromatic carbocycles. The number of aromatic nitrogens is 6. The first-order chi connectivity index (χ1) is 45.3. The average molecular weight is 1250 g/mol. The van der Waals surface area contributed by atoms with Gasteiger partial charge in [0.15, 0.2) is 11.6 Å². The SMILES string of the molecule is Brc1ccc(-c2cc(-c3cccc(-c4ccccc4)c3)nc(-c3cccnc3)n2)cc1.OB(O)c1cc2ccccc2c2ccccc12.c1ccc(-c2cccc(-c3cc(-c4ccc(-c5cc6ccccc6c6ccccc56)cc4)nc(-c4cccnc4)n3)c2)cc1. The summed E-state index contributed by atoms with van der Waals surface area (Å²) in [7, 11) is -1.44. The Bertz CT molecular complexity index is 5260. The van der Waals surface area contributed by atoms with Gasteiger partial charge in [0, 0.05) is 62.6 Å². The van der Waals surface area contributed by atoms with Crippen molar-refractivity contribution in [2.24, 2.45) is 0 Å². The summed E-state index contributed by atoms with van der Waals surface area (Å²) < 4.78 is 1.04. The highest BCUT2D eigenvalue weighted by atomic mass is 79.9. The number of fused-ring (bicyclic) bond motifs is 6. The highest BCUT2D eigenvalue weighted by molar-refractivity contribution is 9.10. The average Bonchev–Trinajstić information content (AvgIpc) is 0.829. The molecule has 92 heavy (non-hydrogen) atoms. The van der Waals surface area contributed by atoms with Crippen LogP contribution in [0.5, 0.6) is 0 Å². The van der Waals surface area contributed by atoms with Crippen LogP contribution in [0, 0.1) is 0 Å². The van der Waals surface area contributed by atoms with Crippen LogP contribution < -0.4 is 5.46 Å². The molecule has 0 saturated heterocycles. The van der Waals surface area contributed by atoms with E-state index in [9.17, 15) is 10.0 Å². The van der Waals surface area contributed by atoms with Gasteiger partial charge in [-0.15, -0.1) is 0 Å². The van der Waals surface area contributed by atoms with Crippen molar-refractivity contribution >= 4 is 71.6 Å². The van der Waals surface area contributed by atoms with Gasteiger partial charge in [-0.1, -0.05) is 253 Å². The van der Waals surface area contributed by atoms with Crippen LogP contribution in [0.1, 0.15) is 0 Å². The Labute approximate surface area is 541 Å². The van der Waals surface area contributed by atoms with Gasteiger partial charge >= 0.3 is 7.12 Å². The van der Waals surface area contributed by atoms with E-state index in [1.165, 1.54) is 43.8 Å². The summed E-state index contributed by atoms with van der Waals surface area (Å²) in [4.78, 5) is 28.3. The number of halogens is 1. The number of benzene rings is 12. The minimum atomic E-state index is -1.44. The van der Waals surface area contributed by atoms with Gasteiger partial charge in [-0.2, -0.15) is 0 Å². The number of rotatable bonds is 10. The Morgan fingerprint density at radius 2 is 0.630 bits per heavy atom. The fourth-order valence-electron chi connectivity index (χ4n) is 11.7. The summed E-state index contributed by atoms with van der Waals surface area (Å²) in [5.74, 6) is 1.31. The molecule has 0 fully saturated rings. The van der Waals surface area contributed by atoms with Crippen molar-refractivity contribution in [1.82, 2.24) is 29.9 Å². The number of pyridine rings is 2. The zero-order chi connectivity index (χ0) is 62.2. The summed E-state index contributed by atoms with van der Waals surface area (Å²) in [5, 5.41) is 28.0. The van der Waals surface area contributed by atoms with Crippen molar-refractivity contribution in [3.05, 3.63) is 333 Å². The van der Waals surface area contributed by atoms with Crippen LogP contribution in [0.3, 0.4) is 0 Å². The Hall–Kier alpha value is -11.4. The van der Waals surface area contributed by atoms with Gasteiger partial charge in [-0.05, 0) is 149 Å². The van der Waals surface area contributed by atoms with E-state index in [2.05, 4.69) is 220 Å². The van der Waals surface area contributed by atoms with Gasteiger partial charge < -0.3 is 10.0 Å². The summed E-state index contributed by atoms with van der Waals surface area (Å²) in [5.41, 5.74) is 17.0. The number of hydrogen-bond donors (Lipinski definition) is 2. The van der Waals surface area contributed by atoms with Gasteiger partial charge in [0.05, 0.1) is 22.8 Å². The molecule has 0 amide bonds. The lowest BCUT2D eigenvalue weighted by Gasteiger charge is -2.13. The summed E-state index contributed by atoms with van der Waals surface area (Å²) in [6, 6.07) is 104. The molecule has 4 heterocycles. The lowest BCUT2D eigenvalue weighted by Crippen LogP contribution is -2.30. The summed E-state index contributed by atoms with van der Waals surface area (Å²) >= 11 is 3.51. The van der Waals surface area contributed by atoms with Crippen LogP contribution in [-0.2, 0) is 0 Å². The molecule has 0 aliphatic carbocycles. The predicted octanol–water partition coefficient (Wildman–Crippen LogP) is 19.5. The lowest BCUT2D eigenvalue weighted by atomic mass is 9.76. The highest BCUT2D eigenvalue weighted by Crippen LogP contribution is 2.38. The van der Waals surface area contributed by atoms with Crippen molar-refractivity contribution in [3.63, 3.8) is 0 Å². The molecule has 0 atom stereocenters. The first-order valence-electron chi connectivity index (χ1n) is 30.3. The Morgan fingerprint density at radius 3 is 1.11 bits per heavy atom. The number of hydrogen-bond acceptors (Lipinski definition) is 8. The van der Waals surface area contributed by atoms with E-state index in [-0.39, 0.29) is 0 Å². The quantitative estimate of drug-likeness (QED) is 0.103. The lowest BCUT2D eigenvalue weighted by molar-refractivity contribution is 0.426. The third-order valence-corrected chi connectivity index (χ3v) is 16.8. The fraction of sp³-hybridized carbons (Fsp3) is 0. The zero-order valence-electron chi connectivity index (χ0n) is 49.7. The summed E-state index contributed by atoms with van der Waals surface area (Å²) in [6.07, 6.45) is 7.14. The maximum atomic E-state index is 9.44. The molecule has 436 valence electrons. The molecule has 0 aliphatic rings. The summed E-state index contributed by atoms with van der Waals surface area (Å²) in [6.45, 7) is 0. The maximum Gasteiger partial charge on any atom is 0.489 e. The van der Waals surface area contributed by atoms with Crippen LogP contribution in [0.4, 0.5) is 0 Å². The second-order valence-electron chi connectivity index (χ2n) is 22.2. The molecule has 4 aromatic heterocycles. The smallest absolute Gasteiger partial charge is 0.423 e. The molecule has 0 spiro atoms. The van der Waals surface area contributed by atoms with Crippen LogP contribution in [-0.4, -0.2) is 47.1 Å². The van der Waals surface area contributed by atoms with E-state index in [1.54, 1.807) is 18.6 Å². The normalized spacial score (nSPS) is 11.0. The first kappa shape index (κ1) is 58.3. The van der Waals surface area contributed by atoms with Crippen LogP contribution >= 0.6 is 15.9 Å². The second kappa shape index (κ2) is 26.7. The number of nitrogens with zero attached hydrogens (tertiary/aromatic N) is 6. The molecule has 0 aliphatic heterocycles. The van der Waals surface area contributed by atoms with Gasteiger partial charge in [-0.25, -0.2) is 19.9 Å². The molecule has 0 bridgehead atoms. The molecule has 10 heteroatoms. The highest BCUT2D eigenvalue weighted by Gasteiger charge is 2.18. The molecule has 0 unspecified atom stereocenters. The van der Waals surface area contributed by atoms with Crippen molar-refractivity contribution < 1.29 is 10.0 Å². The zero-order valence-corrected chi connectivity index (χ0v) is 51.3. The Morgan fingerprint density at radius 1 is 0.261 bits per heavy atom. The van der Waals surface area contributed by atoms with Crippen molar-refractivity contribution in [2.75, 3.05) is 0 Å². The van der Waals surface area contributed by atoms with E-state index < -0.39 is 7.12 Å². The minimum absolute atomic E-state index is 0.555. The largest absolute Gasteiger partial charge is 0.489 e. The maximum absolute atomic E-state index is 9.44. The first-order valence-corrected chi connectivity index (χ1v) is 31.1. The van der Waals surface area contributed by atoms with E-state index >= 15 is 0 Å². The van der Waals surface area contributed by atoms with Crippen LogP contribution in [0.15, 0.2) is 333 Å². The molecule has 0 saturated carbocycles. The Kier molecular flexibility index (Phi) is 16.9. The second-order valence-corrected chi connectivity index (χ2v) is 23.1. The monoisotopic (exact) mass is 1250 g/mol. The molecule has 0 radical (unpaired) electrons. The van der Waals surface area contributed by atoms with Gasteiger partial charge in [0.2, 0.25) is 0 Å². The van der Waals surface area contributed by atoms with Gasteiger partial charge in [0.1, 0.15) is 0 Å². The molecule has 16 aromatic rings.